The van der Waals surface area contributed by atoms with Gasteiger partial charge in [-0.05, 0) is 23.6 Å². The summed E-state index contributed by atoms with van der Waals surface area (Å²) in [7, 11) is 0. The molecule has 4 heteroatoms. The van der Waals surface area contributed by atoms with Crippen LogP contribution in [0, 0.1) is 0 Å². The number of anilines is 1. The van der Waals surface area contributed by atoms with Gasteiger partial charge in [0, 0.05) is 24.7 Å². The van der Waals surface area contributed by atoms with E-state index in [1.54, 1.807) is 0 Å². The lowest BCUT2D eigenvalue weighted by Gasteiger charge is -2.18. The second kappa shape index (κ2) is 6.62. The van der Waals surface area contributed by atoms with E-state index in [2.05, 4.69) is 16.7 Å². The number of aliphatic carboxylic acids is 1. The highest BCUT2D eigenvalue weighted by molar-refractivity contribution is 5.74. The number of para-hydroxylation sites is 1. The van der Waals surface area contributed by atoms with Crippen LogP contribution in [-0.2, 0) is 11.3 Å². The minimum atomic E-state index is -0.791. The SMILES string of the molecule is O=C(O)C(CC1CNc2ccccc21)NCc1ccccc1. The first-order chi connectivity index (χ1) is 10.7. The van der Waals surface area contributed by atoms with Crippen LogP contribution in [0.1, 0.15) is 23.5 Å². The average molecular weight is 296 g/mol. The number of hydrogen-bond donors (Lipinski definition) is 3. The summed E-state index contributed by atoms with van der Waals surface area (Å²) in [6, 6.07) is 17.5. The van der Waals surface area contributed by atoms with Gasteiger partial charge in [-0.1, -0.05) is 48.5 Å². The van der Waals surface area contributed by atoms with Crippen molar-refractivity contribution in [1.82, 2.24) is 5.32 Å². The summed E-state index contributed by atoms with van der Waals surface area (Å²) in [6.07, 6.45) is 0.589. The maximum absolute atomic E-state index is 11.5. The van der Waals surface area contributed by atoms with E-state index in [-0.39, 0.29) is 5.92 Å². The van der Waals surface area contributed by atoms with Crippen molar-refractivity contribution in [3.05, 3.63) is 65.7 Å². The first-order valence-corrected chi connectivity index (χ1v) is 7.57. The molecule has 1 aliphatic rings. The monoisotopic (exact) mass is 296 g/mol. The average Bonchev–Trinajstić information content (AvgIpc) is 2.95. The van der Waals surface area contributed by atoms with Gasteiger partial charge < -0.3 is 15.7 Å². The molecule has 0 aromatic heterocycles. The highest BCUT2D eigenvalue weighted by Gasteiger charge is 2.27. The molecular weight excluding hydrogens is 276 g/mol. The van der Waals surface area contributed by atoms with Crippen LogP contribution in [0.5, 0.6) is 0 Å². The van der Waals surface area contributed by atoms with Gasteiger partial charge in [0.05, 0.1) is 0 Å². The fourth-order valence-electron chi connectivity index (χ4n) is 2.96. The van der Waals surface area contributed by atoms with Crippen LogP contribution in [0.2, 0.25) is 0 Å². The van der Waals surface area contributed by atoms with E-state index in [9.17, 15) is 9.90 Å². The highest BCUT2D eigenvalue weighted by atomic mass is 16.4. The summed E-state index contributed by atoms with van der Waals surface area (Å²) in [5.41, 5.74) is 3.44. The minimum absolute atomic E-state index is 0.237. The van der Waals surface area contributed by atoms with E-state index in [1.807, 2.05) is 48.5 Å². The third-order valence-electron chi connectivity index (χ3n) is 4.15. The van der Waals surface area contributed by atoms with Crippen LogP contribution in [0.4, 0.5) is 5.69 Å². The van der Waals surface area contributed by atoms with Crippen molar-refractivity contribution in [3.8, 4) is 0 Å². The lowest BCUT2D eigenvalue weighted by Crippen LogP contribution is -2.37. The largest absolute Gasteiger partial charge is 0.480 e. The molecule has 0 saturated carbocycles. The molecular formula is C18H20N2O2. The minimum Gasteiger partial charge on any atom is -0.480 e. The van der Waals surface area contributed by atoms with Gasteiger partial charge in [0.1, 0.15) is 6.04 Å². The van der Waals surface area contributed by atoms with Gasteiger partial charge in [0.2, 0.25) is 0 Å². The van der Waals surface area contributed by atoms with Gasteiger partial charge >= 0.3 is 5.97 Å². The molecule has 4 nitrogen and oxygen atoms in total. The van der Waals surface area contributed by atoms with Crippen LogP contribution in [0.15, 0.2) is 54.6 Å². The number of fused-ring (bicyclic) bond motifs is 1. The maximum atomic E-state index is 11.5. The summed E-state index contributed by atoms with van der Waals surface area (Å²) < 4.78 is 0. The van der Waals surface area contributed by atoms with Crippen molar-refractivity contribution < 1.29 is 9.90 Å². The highest BCUT2D eigenvalue weighted by Crippen LogP contribution is 2.34. The van der Waals surface area contributed by atoms with Crippen molar-refractivity contribution in [2.24, 2.45) is 0 Å². The zero-order chi connectivity index (χ0) is 15.4. The molecule has 22 heavy (non-hydrogen) atoms. The topological polar surface area (TPSA) is 61.4 Å². The van der Waals surface area contributed by atoms with E-state index in [0.29, 0.717) is 13.0 Å². The Bertz CT molecular complexity index is 643. The van der Waals surface area contributed by atoms with Crippen molar-refractivity contribution in [2.75, 3.05) is 11.9 Å². The number of hydrogen-bond acceptors (Lipinski definition) is 3. The predicted molar refractivity (Wildman–Crippen MR) is 87.0 cm³/mol. The molecule has 0 spiro atoms. The molecule has 3 N–H and O–H groups in total. The molecule has 1 aliphatic heterocycles. The van der Waals surface area contributed by atoms with Crippen LogP contribution in [0.3, 0.4) is 0 Å². The molecule has 0 radical (unpaired) electrons. The van der Waals surface area contributed by atoms with Crippen LogP contribution >= 0.6 is 0 Å². The first-order valence-electron chi connectivity index (χ1n) is 7.57. The van der Waals surface area contributed by atoms with Gasteiger partial charge in [-0.2, -0.15) is 0 Å². The summed E-state index contributed by atoms with van der Waals surface area (Å²) in [5.74, 6) is -0.555. The Morgan fingerprint density at radius 1 is 1.18 bits per heavy atom. The van der Waals surface area contributed by atoms with Crippen molar-refractivity contribution in [2.45, 2.75) is 24.9 Å². The quantitative estimate of drug-likeness (QED) is 0.767. The Labute approximate surface area is 130 Å². The first kappa shape index (κ1) is 14.6. The molecule has 0 aliphatic carbocycles. The van der Waals surface area contributed by atoms with Gasteiger partial charge in [0.25, 0.3) is 0 Å². The van der Waals surface area contributed by atoms with Gasteiger partial charge in [-0.3, -0.25) is 4.79 Å². The number of carbonyl (C=O) groups is 1. The Morgan fingerprint density at radius 3 is 2.68 bits per heavy atom. The lowest BCUT2D eigenvalue weighted by molar-refractivity contribution is -0.139. The van der Waals surface area contributed by atoms with Crippen LogP contribution in [0.25, 0.3) is 0 Å². The van der Waals surface area contributed by atoms with Crippen LogP contribution in [-0.4, -0.2) is 23.7 Å². The third kappa shape index (κ3) is 3.28. The Balaban J connectivity index is 1.64. The standard InChI is InChI=1S/C18H20N2O2/c21-18(22)17(19-11-13-6-2-1-3-7-13)10-14-12-20-16-9-5-4-8-15(14)16/h1-9,14,17,19-20H,10-12H2,(H,21,22). The molecule has 0 bridgehead atoms. The summed E-state index contributed by atoms with van der Waals surface area (Å²) in [5, 5.41) is 16.0. The van der Waals surface area contributed by atoms with E-state index >= 15 is 0 Å². The smallest absolute Gasteiger partial charge is 0.320 e. The lowest BCUT2D eigenvalue weighted by atomic mass is 9.94. The van der Waals surface area contributed by atoms with Gasteiger partial charge in [-0.25, -0.2) is 0 Å². The second-order valence-corrected chi connectivity index (χ2v) is 5.66. The fourth-order valence-corrected chi connectivity index (χ4v) is 2.96. The summed E-state index contributed by atoms with van der Waals surface area (Å²) in [4.78, 5) is 11.5. The summed E-state index contributed by atoms with van der Waals surface area (Å²) >= 11 is 0. The molecule has 0 saturated heterocycles. The Morgan fingerprint density at radius 2 is 1.91 bits per heavy atom. The van der Waals surface area contributed by atoms with Crippen LogP contribution < -0.4 is 10.6 Å². The Kier molecular flexibility index (Phi) is 4.39. The maximum Gasteiger partial charge on any atom is 0.320 e. The van der Waals surface area contributed by atoms with Gasteiger partial charge in [-0.15, -0.1) is 0 Å². The van der Waals surface area contributed by atoms with Crippen molar-refractivity contribution >= 4 is 11.7 Å². The third-order valence-corrected chi connectivity index (χ3v) is 4.15. The molecule has 2 atom stereocenters. The summed E-state index contributed by atoms with van der Waals surface area (Å²) in [6.45, 7) is 1.37. The Hall–Kier alpha value is -2.33. The van der Waals surface area contributed by atoms with Crippen molar-refractivity contribution in [1.29, 1.82) is 0 Å². The fraction of sp³-hybridized carbons (Fsp3) is 0.278. The van der Waals surface area contributed by atoms with Crippen molar-refractivity contribution in [3.63, 3.8) is 0 Å². The number of carboxylic acids is 1. The van der Waals surface area contributed by atoms with E-state index in [0.717, 1.165) is 17.8 Å². The number of nitrogens with one attached hydrogen (secondary N) is 2. The van der Waals surface area contributed by atoms with Gasteiger partial charge in [0.15, 0.2) is 0 Å². The number of rotatable bonds is 6. The molecule has 3 rings (SSSR count). The van der Waals surface area contributed by atoms with E-state index < -0.39 is 12.0 Å². The number of benzene rings is 2. The van der Waals surface area contributed by atoms with E-state index in [4.69, 9.17) is 0 Å². The molecule has 2 aromatic rings. The predicted octanol–water partition coefficient (Wildman–Crippen LogP) is 2.83. The zero-order valence-corrected chi connectivity index (χ0v) is 12.3. The molecule has 0 amide bonds. The second-order valence-electron chi connectivity index (χ2n) is 5.66. The zero-order valence-electron chi connectivity index (χ0n) is 12.3. The van der Waals surface area contributed by atoms with E-state index in [1.165, 1.54) is 5.56 Å². The molecule has 114 valence electrons. The molecule has 2 aromatic carbocycles. The molecule has 2 unspecified atom stereocenters. The molecule has 1 heterocycles. The molecule has 0 fully saturated rings. The number of carboxylic acid groups (broad SMARTS) is 1. The normalized spacial score (nSPS) is 17.5.